The second-order valence-corrected chi connectivity index (χ2v) is 3.97. The summed E-state index contributed by atoms with van der Waals surface area (Å²) in [6.45, 7) is 0. The summed E-state index contributed by atoms with van der Waals surface area (Å²) in [5.41, 5.74) is -2.18. The van der Waals surface area contributed by atoms with Crippen molar-refractivity contribution in [3.63, 3.8) is 0 Å². The van der Waals surface area contributed by atoms with Crippen LogP contribution in [0.25, 0.3) is 0 Å². The molecule has 0 radical (unpaired) electrons. The van der Waals surface area contributed by atoms with E-state index in [1.54, 1.807) is 0 Å². The highest BCUT2D eigenvalue weighted by Gasteiger charge is 2.37. The van der Waals surface area contributed by atoms with E-state index in [9.17, 15) is 22.0 Å². The Kier molecular flexibility index (Phi) is 3.75. The highest BCUT2D eigenvalue weighted by molar-refractivity contribution is 14.1. The molecule has 0 aliphatic carbocycles. The number of hydrogen-bond acceptors (Lipinski definition) is 1. The summed E-state index contributed by atoms with van der Waals surface area (Å²) in [6, 6.07) is 0. The van der Waals surface area contributed by atoms with Gasteiger partial charge in [-0.3, -0.25) is 0 Å². The van der Waals surface area contributed by atoms with Crippen molar-refractivity contribution >= 4 is 34.2 Å². The van der Waals surface area contributed by atoms with Crippen LogP contribution in [0, 0.1) is 3.57 Å². The predicted molar refractivity (Wildman–Crippen MR) is 51.9 cm³/mol. The van der Waals surface area contributed by atoms with Gasteiger partial charge in [0.15, 0.2) is 5.69 Å². The highest BCUT2D eigenvalue weighted by Crippen LogP contribution is 2.38. The molecule has 1 rings (SSSR count). The van der Waals surface area contributed by atoms with Crippen LogP contribution in [0.3, 0.4) is 0 Å². The lowest BCUT2D eigenvalue weighted by molar-refractivity contribution is -0.142. The molecule has 8 heteroatoms. The summed E-state index contributed by atoms with van der Waals surface area (Å²) in [7, 11) is 0. The lowest BCUT2D eigenvalue weighted by Gasteiger charge is -2.12. The van der Waals surface area contributed by atoms with Gasteiger partial charge in [-0.15, -0.1) is 0 Å². The maximum atomic E-state index is 12.4. The molecule has 1 heterocycles. The Bertz CT molecular complexity index is 378. The van der Waals surface area contributed by atoms with Crippen molar-refractivity contribution in [2.75, 3.05) is 0 Å². The van der Waals surface area contributed by atoms with Crippen molar-refractivity contribution in [3.05, 3.63) is 26.0 Å². The average Bonchev–Trinajstić information content (AvgIpc) is 2.00. The summed E-state index contributed by atoms with van der Waals surface area (Å²) < 4.78 is 60.9. The second-order valence-electron chi connectivity index (χ2n) is 2.48. The molecular formula is C7H2ClF5IN. The van der Waals surface area contributed by atoms with Crippen LogP contribution in [0.2, 0.25) is 5.02 Å². The fraction of sp³-hybridized carbons (Fsp3) is 0.286. The van der Waals surface area contributed by atoms with Crippen LogP contribution in [0.1, 0.15) is 17.7 Å². The summed E-state index contributed by atoms with van der Waals surface area (Å²) in [4.78, 5) is 2.99. The molecule has 0 aromatic carbocycles. The van der Waals surface area contributed by atoms with E-state index >= 15 is 0 Å². The molecule has 0 aliphatic heterocycles. The van der Waals surface area contributed by atoms with Crippen LogP contribution < -0.4 is 0 Å². The summed E-state index contributed by atoms with van der Waals surface area (Å²) >= 11 is 6.49. The Labute approximate surface area is 99.8 Å². The fourth-order valence-electron chi connectivity index (χ4n) is 0.877. The molecule has 0 aliphatic rings. The first-order valence-electron chi connectivity index (χ1n) is 3.44. The smallest absolute Gasteiger partial charge is 0.249 e. The van der Waals surface area contributed by atoms with Crippen molar-refractivity contribution in [1.82, 2.24) is 4.98 Å². The van der Waals surface area contributed by atoms with E-state index in [2.05, 4.69) is 4.98 Å². The molecule has 15 heavy (non-hydrogen) atoms. The average molecular weight is 357 g/mol. The standard InChI is InChI=1S/C7H2ClF5IN/c8-2-1-15-5(7(11,12)13)4(14)3(2)6(9)10/h1,6H. The van der Waals surface area contributed by atoms with Gasteiger partial charge in [-0.25, -0.2) is 13.8 Å². The SMILES string of the molecule is FC(F)c1c(Cl)cnc(C(F)(F)F)c1I. The Balaban J connectivity index is 3.42. The molecule has 0 amide bonds. The van der Waals surface area contributed by atoms with Gasteiger partial charge in [0, 0.05) is 6.20 Å². The number of alkyl halides is 5. The third-order valence-corrected chi connectivity index (χ3v) is 2.89. The summed E-state index contributed by atoms with van der Waals surface area (Å²) in [5, 5.41) is -0.470. The largest absolute Gasteiger partial charge is 0.434 e. The normalized spacial score (nSPS) is 12.3. The lowest BCUT2D eigenvalue weighted by atomic mass is 10.2. The summed E-state index contributed by atoms with van der Waals surface area (Å²) in [6.07, 6.45) is -7.24. The Morgan fingerprint density at radius 3 is 2.27 bits per heavy atom. The zero-order valence-electron chi connectivity index (χ0n) is 6.75. The molecule has 0 N–H and O–H groups in total. The molecule has 0 spiro atoms. The lowest BCUT2D eigenvalue weighted by Crippen LogP contribution is -2.12. The Hall–Kier alpha value is -0.180. The van der Waals surface area contributed by atoms with Gasteiger partial charge in [-0.05, 0) is 22.6 Å². The minimum absolute atomic E-state index is 0.470. The first-order valence-corrected chi connectivity index (χ1v) is 4.90. The van der Waals surface area contributed by atoms with Gasteiger partial charge in [0.05, 0.1) is 14.2 Å². The van der Waals surface area contributed by atoms with E-state index in [1.807, 2.05) is 0 Å². The van der Waals surface area contributed by atoms with Gasteiger partial charge in [0.25, 0.3) is 6.43 Å². The minimum Gasteiger partial charge on any atom is -0.249 e. The predicted octanol–water partition coefficient (Wildman–Crippen LogP) is 4.30. The van der Waals surface area contributed by atoms with Gasteiger partial charge in [0.1, 0.15) is 0 Å². The van der Waals surface area contributed by atoms with Crippen molar-refractivity contribution < 1.29 is 22.0 Å². The van der Waals surface area contributed by atoms with Gasteiger partial charge >= 0.3 is 6.18 Å². The molecular weight excluding hydrogens is 355 g/mol. The van der Waals surface area contributed by atoms with Crippen LogP contribution in [0.5, 0.6) is 0 Å². The van der Waals surface area contributed by atoms with Crippen molar-refractivity contribution in [2.24, 2.45) is 0 Å². The van der Waals surface area contributed by atoms with Gasteiger partial charge in [-0.1, -0.05) is 11.6 Å². The van der Waals surface area contributed by atoms with E-state index in [-0.39, 0.29) is 0 Å². The molecule has 0 unspecified atom stereocenters. The first-order chi connectivity index (χ1) is 6.75. The van der Waals surface area contributed by atoms with Crippen LogP contribution in [0.15, 0.2) is 6.20 Å². The van der Waals surface area contributed by atoms with E-state index < -0.39 is 32.5 Å². The van der Waals surface area contributed by atoms with Crippen LogP contribution >= 0.6 is 34.2 Å². The van der Waals surface area contributed by atoms with Crippen LogP contribution in [-0.4, -0.2) is 4.98 Å². The zero-order chi connectivity index (χ0) is 11.8. The number of nitrogens with zero attached hydrogens (tertiary/aromatic N) is 1. The molecule has 1 aromatic rings. The highest BCUT2D eigenvalue weighted by atomic mass is 127. The number of aromatic nitrogens is 1. The zero-order valence-corrected chi connectivity index (χ0v) is 9.66. The molecule has 0 fully saturated rings. The molecule has 0 bridgehead atoms. The van der Waals surface area contributed by atoms with Gasteiger partial charge in [-0.2, -0.15) is 13.2 Å². The number of halogens is 7. The van der Waals surface area contributed by atoms with E-state index in [4.69, 9.17) is 11.6 Å². The molecule has 0 saturated heterocycles. The molecule has 0 atom stereocenters. The van der Waals surface area contributed by atoms with E-state index in [0.717, 1.165) is 22.6 Å². The number of hydrogen-bond donors (Lipinski definition) is 0. The molecule has 84 valence electrons. The maximum absolute atomic E-state index is 12.4. The van der Waals surface area contributed by atoms with Crippen molar-refractivity contribution in [2.45, 2.75) is 12.6 Å². The van der Waals surface area contributed by atoms with E-state index in [1.165, 1.54) is 0 Å². The maximum Gasteiger partial charge on any atom is 0.434 e. The second kappa shape index (κ2) is 4.36. The van der Waals surface area contributed by atoms with Crippen molar-refractivity contribution in [3.8, 4) is 0 Å². The third-order valence-electron chi connectivity index (χ3n) is 1.50. The van der Waals surface area contributed by atoms with Gasteiger partial charge in [0.2, 0.25) is 0 Å². The molecule has 1 aromatic heterocycles. The Morgan fingerprint density at radius 2 is 1.87 bits per heavy atom. The van der Waals surface area contributed by atoms with Gasteiger partial charge < -0.3 is 0 Å². The van der Waals surface area contributed by atoms with Crippen molar-refractivity contribution in [1.29, 1.82) is 0 Å². The van der Waals surface area contributed by atoms with Crippen LogP contribution in [-0.2, 0) is 6.18 Å². The molecule has 0 saturated carbocycles. The third kappa shape index (κ3) is 2.68. The topological polar surface area (TPSA) is 12.9 Å². The monoisotopic (exact) mass is 357 g/mol. The number of rotatable bonds is 1. The summed E-state index contributed by atoms with van der Waals surface area (Å²) in [5.74, 6) is 0. The minimum atomic E-state index is -4.76. The first kappa shape index (κ1) is 12.9. The quantitative estimate of drug-likeness (QED) is 0.540. The van der Waals surface area contributed by atoms with E-state index in [0.29, 0.717) is 6.20 Å². The Morgan fingerprint density at radius 1 is 1.33 bits per heavy atom. The van der Waals surface area contributed by atoms with Crippen LogP contribution in [0.4, 0.5) is 22.0 Å². The molecule has 1 nitrogen and oxygen atoms in total. The number of pyridine rings is 1. The fourth-order valence-corrected chi connectivity index (χ4v) is 2.23.